The molecule has 1 amide bonds. The van der Waals surface area contributed by atoms with Gasteiger partial charge in [-0.2, -0.15) is 0 Å². The number of nitrogens with zero attached hydrogens (tertiary/aromatic N) is 3. The lowest BCUT2D eigenvalue weighted by Gasteiger charge is -2.44. The quantitative estimate of drug-likeness (QED) is 0.843. The first-order chi connectivity index (χ1) is 14.2. The molecule has 1 aromatic rings. The highest BCUT2D eigenvalue weighted by Gasteiger charge is 2.38. The molecule has 0 saturated carbocycles. The molecule has 6 heteroatoms. The van der Waals surface area contributed by atoms with Gasteiger partial charge in [0.2, 0.25) is 5.91 Å². The van der Waals surface area contributed by atoms with Gasteiger partial charge in [-0.15, -0.1) is 0 Å². The fourth-order valence-corrected chi connectivity index (χ4v) is 5.97. The zero-order valence-electron chi connectivity index (χ0n) is 17.4. The normalized spacial score (nSPS) is 30.1. The molecule has 3 atom stereocenters. The van der Waals surface area contributed by atoms with Crippen molar-refractivity contribution in [2.75, 3.05) is 39.3 Å². The number of hydrogen-bond donors (Lipinski definition) is 1. The van der Waals surface area contributed by atoms with Crippen LogP contribution in [0, 0.1) is 11.8 Å². The molecule has 1 N–H and O–H groups in total. The number of amides is 1. The van der Waals surface area contributed by atoms with E-state index in [0.29, 0.717) is 17.7 Å². The van der Waals surface area contributed by atoms with Crippen LogP contribution < -0.4 is 10.9 Å². The van der Waals surface area contributed by atoms with Crippen LogP contribution in [-0.4, -0.2) is 59.5 Å². The Morgan fingerprint density at radius 1 is 1.07 bits per heavy atom. The molecule has 158 valence electrons. The molecular weight excluding hydrogens is 364 g/mol. The molecule has 3 fully saturated rings. The van der Waals surface area contributed by atoms with Crippen LogP contribution in [0.1, 0.15) is 55.7 Å². The van der Waals surface area contributed by atoms with E-state index in [1.807, 2.05) is 4.57 Å². The van der Waals surface area contributed by atoms with Crippen molar-refractivity contribution in [2.24, 2.45) is 11.8 Å². The number of rotatable bonds is 3. The Labute approximate surface area is 173 Å². The summed E-state index contributed by atoms with van der Waals surface area (Å²) in [6.07, 6.45) is 7.02. The Balaban J connectivity index is 1.33. The van der Waals surface area contributed by atoms with Gasteiger partial charge in [0.25, 0.3) is 5.56 Å². The highest BCUT2D eigenvalue weighted by atomic mass is 16.2. The van der Waals surface area contributed by atoms with E-state index in [1.54, 1.807) is 0 Å². The number of hydrogen-bond acceptors (Lipinski definition) is 4. The van der Waals surface area contributed by atoms with Crippen LogP contribution >= 0.6 is 0 Å². The first-order valence-electron chi connectivity index (χ1n) is 11.6. The lowest BCUT2D eigenvalue weighted by Crippen LogP contribution is -2.52. The second kappa shape index (κ2) is 8.23. The number of pyridine rings is 1. The minimum absolute atomic E-state index is 0.136. The van der Waals surface area contributed by atoms with Crippen molar-refractivity contribution in [1.82, 2.24) is 19.7 Å². The zero-order chi connectivity index (χ0) is 19.8. The highest BCUT2D eigenvalue weighted by molar-refractivity contribution is 5.79. The van der Waals surface area contributed by atoms with Gasteiger partial charge in [-0.25, -0.2) is 0 Å². The number of piperidine rings is 3. The van der Waals surface area contributed by atoms with Crippen LogP contribution in [0.5, 0.6) is 0 Å². The average Bonchev–Trinajstić information content (AvgIpc) is 2.77. The fraction of sp³-hybridized carbons (Fsp3) is 0.739. The maximum Gasteiger partial charge on any atom is 0.255 e. The van der Waals surface area contributed by atoms with Gasteiger partial charge in [-0.1, -0.05) is 12.5 Å². The molecule has 5 heterocycles. The number of nitrogens with one attached hydrogen (secondary N) is 1. The minimum Gasteiger partial charge on any atom is -0.341 e. The SMILES string of the molecule is O=C([C@H]1CCCNC1)N1C[C@@H]2C[C@H](C1)c1ccc(CN3CCCCC3)c(=O)n1C2. The summed E-state index contributed by atoms with van der Waals surface area (Å²) in [4.78, 5) is 30.8. The van der Waals surface area contributed by atoms with E-state index < -0.39 is 0 Å². The first kappa shape index (κ1) is 19.3. The molecule has 1 aromatic heterocycles. The van der Waals surface area contributed by atoms with E-state index in [-0.39, 0.29) is 11.5 Å². The lowest BCUT2D eigenvalue weighted by atomic mass is 9.82. The highest BCUT2D eigenvalue weighted by Crippen LogP contribution is 2.36. The maximum absolute atomic E-state index is 13.2. The van der Waals surface area contributed by atoms with Crippen molar-refractivity contribution in [1.29, 1.82) is 0 Å². The predicted molar refractivity (Wildman–Crippen MR) is 113 cm³/mol. The smallest absolute Gasteiger partial charge is 0.255 e. The third-order valence-corrected chi connectivity index (χ3v) is 7.48. The van der Waals surface area contributed by atoms with Crippen LogP contribution in [-0.2, 0) is 17.9 Å². The fourth-order valence-electron chi connectivity index (χ4n) is 5.97. The standard InChI is InChI=1S/C23H34N4O2/c28-22(18-5-4-8-24-12-18)26-13-17-11-20(16-26)21-7-6-19(23(29)27(21)14-17)15-25-9-2-1-3-10-25/h6-7,17-18,20,24H,1-5,8-16H2/t17-,18-,20+/m0/s1. The van der Waals surface area contributed by atoms with Gasteiger partial charge in [-0.3, -0.25) is 14.5 Å². The summed E-state index contributed by atoms with van der Waals surface area (Å²) < 4.78 is 2.04. The van der Waals surface area contributed by atoms with Gasteiger partial charge in [0.1, 0.15) is 0 Å². The van der Waals surface area contributed by atoms with E-state index in [0.717, 1.165) is 82.9 Å². The van der Waals surface area contributed by atoms with Gasteiger partial charge in [0.15, 0.2) is 0 Å². The maximum atomic E-state index is 13.2. The molecular formula is C23H34N4O2. The lowest BCUT2D eigenvalue weighted by molar-refractivity contribution is -0.138. The number of carbonyl (C=O) groups excluding carboxylic acids is 1. The molecule has 0 unspecified atom stereocenters. The monoisotopic (exact) mass is 398 g/mol. The first-order valence-corrected chi connectivity index (χ1v) is 11.6. The Morgan fingerprint density at radius 2 is 1.93 bits per heavy atom. The minimum atomic E-state index is 0.136. The van der Waals surface area contributed by atoms with Crippen molar-refractivity contribution in [2.45, 2.75) is 57.5 Å². The van der Waals surface area contributed by atoms with E-state index in [4.69, 9.17) is 0 Å². The Morgan fingerprint density at radius 3 is 2.72 bits per heavy atom. The molecule has 0 aromatic carbocycles. The molecule has 4 aliphatic rings. The van der Waals surface area contributed by atoms with Crippen LogP contribution in [0.2, 0.25) is 0 Å². The molecule has 0 radical (unpaired) electrons. The molecule has 29 heavy (non-hydrogen) atoms. The second-order valence-electron chi connectivity index (χ2n) is 9.62. The Bertz CT molecular complexity index is 808. The van der Waals surface area contributed by atoms with Crippen LogP contribution in [0.25, 0.3) is 0 Å². The number of aromatic nitrogens is 1. The van der Waals surface area contributed by atoms with Crippen molar-refractivity contribution in [3.63, 3.8) is 0 Å². The van der Waals surface area contributed by atoms with Crippen molar-refractivity contribution < 1.29 is 4.79 Å². The van der Waals surface area contributed by atoms with Crippen LogP contribution in [0.4, 0.5) is 0 Å². The van der Waals surface area contributed by atoms with Crippen LogP contribution in [0.3, 0.4) is 0 Å². The molecule has 4 aliphatic heterocycles. The van der Waals surface area contributed by atoms with Gasteiger partial charge in [0.05, 0.1) is 5.92 Å². The van der Waals surface area contributed by atoms with Gasteiger partial charge in [-0.05, 0) is 63.7 Å². The van der Waals surface area contributed by atoms with Crippen molar-refractivity contribution >= 4 is 5.91 Å². The molecule has 0 aliphatic carbocycles. The van der Waals surface area contributed by atoms with Crippen molar-refractivity contribution in [3.8, 4) is 0 Å². The molecule has 6 nitrogen and oxygen atoms in total. The van der Waals surface area contributed by atoms with Gasteiger partial charge in [0, 0.05) is 49.9 Å². The number of likely N-dealkylation sites (tertiary alicyclic amines) is 2. The second-order valence-corrected chi connectivity index (χ2v) is 9.62. The summed E-state index contributed by atoms with van der Waals surface area (Å²) in [6, 6.07) is 4.24. The van der Waals surface area contributed by atoms with Crippen LogP contribution in [0.15, 0.2) is 16.9 Å². The summed E-state index contributed by atoms with van der Waals surface area (Å²) in [7, 11) is 0. The Hall–Kier alpha value is -1.66. The predicted octanol–water partition coefficient (Wildman–Crippen LogP) is 1.78. The average molecular weight is 399 g/mol. The van der Waals surface area contributed by atoms with E-state index in [9.17, 15) is 9.59 Å². The largest absolute Gasteiger partial charge is 0.341 e. The number of carbonyl (C=O) groups is 1. The summed E-state index contributed by atoms with van der Waals surface area (Å²) >= 11 is 0. The van der Waals surface area contributed by atoms with E-state index in [1.165, 1.54) is 19.3 Å². The Kier molecular flexibility index (Phi) is 5.48. The van der Waals surface area contributed by atoms with E-state index >= 15 is 0 Å². The van der Waals surface area contributed by atoms with Crippen molar-refractivity contribution in [3.05, 3.63) is 33.7 Å². The van der Waals surface area contributed by atoms with Gasteiger partial charge >= 0.3 is 0 Å². The summed E-state index contributed by atoms with van der Waals surface area (Å²) in [5, 5.41) is 3.37. The third-order valence-electron chi connectivity index (χ3n) is 7.48. The summed E-state index contributed by atoms with van der Waals surface area (Å²) in [5.41, 5.74) is 2.30. The molecule has 3 saturated heterocycles. The summed E-state index contributed by atoms with van der Waals surface area (Å²) in [6.45, 7) is 7.22. The van der Waals surface area contributed by atoms with Gasteiger partial charge < -0.3 is 14.8 Å². The summed E-state index contributed by atoms with van der Waals surface area (Å²) in [5.74, 6) is 1.17. The number of fused-ring (bicyclic) bond motifs is 4. The molecule has 0 spiro atoms. The zero-order valence-corrected chi connectivity index (χ0v) is 17.4. The molecule has 5 rings (SSSR count). The topological polar surface area (TPSA) is 57.6 Å². The van der Waals surface area contributed by atoms with E-state index in [2.05, 4.69) is 27.2 Å². The third kappa shape index (κ3) is 3.89. The molecule has 2 bridgehead atoms.